The molecule has 5 fully saturated rings. The molecule has 2 bridgehead atoms. The van der Waals surface area contributed by atoms with Gasteiger partial charge in [-0.25, -0.2) is 0 Å². The first-order chi connectivity index (χ1) is 16.3. The van der Waals surface area contributed by atoms with E-state index in [9.17, 15) is 20.4 Å². The van der Waals surface area contributed by atoms with E-state index in [0.717, 1.165) is 44.9 Å². The Hall–Kier alpha value is -0.460. The zero-order chi connectivity index (χ0) is 25.4. The molecule has 6 rings (SSSR count). The fourth-order valence-corrected chi connectivity index (χ4v) is 11.5. The normalized spacial score (nSPS) is 60.3. The van der Waals surface area contributed by atoms with E-state index >= 15 is 0 Å². The van der Waals surface area contributed by atoms with E-state index in [4.69, 9.17) is 4.74 Å². The smallest absolute Gasteiger partial charge is 0.0916 e. The summed E-state index contributed by atoms with van der Waals surface area (Å²) in [5.41, 5.74) is 0.390. The SMILES string of the molecule is CC1(C)C[C@H]2C3=CC[C@@H]4[C@@]5(C)CC[C@H](O)[C@](C)(CO)[C@@H]5CC[C@@]4(C)[C@]3(C)C[C@H]3O[C@@H]1[C@@H](O)[C@]32CO. The van der Waals surface area contributed by atoms with Crippen molar-refractivity contribution in [2.24, 2.45) is 50.2 Å². The molecule has 0 spiro atoms. The van der Waals surface area contributed by atoms with E-state index in [0.29, 0.717) is 11.8 Å². The minimum Gasteiger partial charge on any atom is -0.396 e. The van der Waals surface area contributed by atoms with Gasteiger partial charge in [0.25, 0.3) is 0 Å². The van der Waals surface area contributed by atoms with Crippen LogP contribution >= 0.6 is 0 Å². The molecule has 0 aromatic heterocycles. The lowest BCUT2D eigenvalue weighted by Gasteiger charge is -2.71. The molecule has 12 atom stereocenters. The third-order valence-corrected chi connectivity index (χ3v) is 13.8. The lowest BCUT2D eigenvalue weighted by Crippen LogP contribution is -2.68. The number of aliphatic hydroxyl groups excluding tert-OH is 4. The lowest BCUT2D eigenvalue weighted by molar-refractivity contribution is -0.221. The standard InChI is InChI=1S/C30H48O5/c1-25(2)13-18-17-7-8-20-26(3)11-10-21(33)27(4,15-31)19(26)9-12-28(20,5)29(17,6)14-22-30(18,16-32)23(34)24(25)35-22/h7,18-24,31-34H,8-16H2,1-6H3/t18-,19+,20+,21-,22+,23+,24+,26-,27+,28+,29+,30-/m0/s1. The molecule has 5 nitrogen and oxygen atoms in total. The maximum atomic E-state index is 11.5. The highest BCUT2D eigenvalue weighted by Gasteiger charge is 2.75. The Morgan fingerprint density at radius 1 is 0.914 bits per heavy atom. The molecular weight excluding hydrogens is 440 g/mol. The molecule has 4 saturated carbocycles. The van der Waals surface area contributed by atoms with E-state index in [2.05, 4.69) is 47.6 Å². The first-order valence-corrected chi connectivity index (χ1v) is 14.2. The number of fused-ring (bicyclic) bond motifs is 7. The number of rotatable bonds is 2. The molecule has 198 valence electrons. The average molecular weight is 489 g/mol. The van der Waals surface area contributed by atoms with Gasteiger partial charge >= 0.3 is 0 Å². The largest absolute Gasteiger partial charge is 0.396 e. The number of aliphatic hydroxyl groups is 4. The van der Waals surface area contributed by atoms with Crippen molar-refractivity contribution in [3.8, 4) is 0 Å². The van der Waals surface area contributed by atoms with Crippen LogP contribution in [0, 0.1) is 50.2 Å². The van der Waals surface area contributed by atoms with Gasteiger partial charge in [0.15, 0.2) is 0 Å². The quantitative estimate of drug-likeness (QED) is 0.440. The van der Waals surface area contributed by atoms with Crippen LogP contribution in [0.5, 0.6) is 0 Å². The van der Waals surface area contributed by atoms with Crippen molar-refractivity contribution in [2.45, 2.75) is 111 Å². The Morgan fingerprint density at radius 3 is 2.29 bits per heavy atom. The summed E-state index contributed by atoms with van der Waals surface area (Å²) in [5, 5.41) is 43.7. The van der Waals surface area contributed by atoms with Crippen LogP contribution in [0.1, 0.15) is 86.5 Å². The van der Waals surface area contributed by atoms with Crippen molar-refractivity contribution in [1.82, 2.24) is 0 Å². The van der Waals surface area contributed by atoms with Crippen LogP contribution in [0.15, 0.2) is 11.6 Å². The number of hydrogen-bond acceptors (Lipinski definition) is 5. The molecule has 5 aliphatic carbocycles. The zero-order valence-corrected chi connectivity index (χ0v) is 22.7. The summed E-state index contributed by atoms with van der Waals surface area (Å²) in [5.74, 6) is 0.915. The Labute approximate surface area is 211 Å². The molecule has 4 N–H and O–H groups in total. The molecule has 1 saturated heterocycles. The summed E-state index contributed by atoms with van der Waals surface area (Å²) in [6.07, 6.45) is 7.78. The van der Waals surface area contributed by atoms with E-state index in [1.54, 1.807) is 0 Å². The Morgan fingerprint density at radius 2 is 1.63 bits per heavy atom. The summed E-state index contributed by atoms with van der Waals surface area (Å²) in [7, 11) is 0. The fraction of sp³-hybridized carbons (Fsp3) is 0.933. The van der Waals surface area contributed by atoms with Crippen LogP contribution in [0.25, 0.3) is 0 Å². The van der Waals surface area contributed by atoms with Gasteiger partial charge in [-0.05, 0) is 84.4 Å². The van der Waals surface area contributed by atoms with Crippen LogP contribution in [0.2, 0.25) is 0 Å². The van der Waals surface area contributed by atoms with E-state index < -0.39 is 23.0 Å². The molecule has 1 heterocycles. The van der Waals surface area contributed by atoms with Crippen molar-refractivity contribution in [3.05, 3.63) is 11.6 Å². The predicted octanol–water partition coefficient (Wildman–Crippen LogP) is 4.07. The van der Waals surface area contributed by atoms with Gasteiger partial charge < -0.3 is 25.2 Å². The second-order valence-corrected chi connectivity index (χ2v) is 15.2. The minimum atomic E-state index is -0.624. The highest BCUT2D eigenvalue weighted by molar-refractivity contribution is 5.37. The Balaban J connectivity index is 1.47. The van der Waals surface area contributed by atoms with Crippen LogP contribution in [-0.2, 0) is 4.74 Å². The van der Waals surface area contributed by atoms with Gasteiger partial charge in [-0.2, -0.15) is 0 Å². The minimum absolute atomic E-state index is 0.0177. The molecule has 0 unspecified atom stereocenters. The first kappa shape index (κ1) is 24.9. The van der Waals surface area contributed by atoms with Gasteiger partial charge in [0.1, 0.15) is 0 Å². The van der Waals surface area contributed by atoms with Crippen LogP contribution in [0.4, 0.5) is 0 Å². The summed E-state index contributed by atoms with van der Waals surface area (Å²) < 4.78 is 6.71. The zero-order valence-electron chi connectivity index (χ0n) is 22.7. The molecule has 0 aromatic rings. The van der Waals surface area contributed by atoms with Gasteiger partial charge in [-0.15, -0.1) is 0 Å². The van der Waals surface area contributed by atoms with Gasteiger partial charge in [0.2, 0.25) is 0 Å². The maximum Gasteiger partial charge on any atom is 0.0916 e. The first-order valence-electron chi connectivity index (χ1n) is 14.2. The molecule has 35 heavy (non-hydrogen) atoms. The van der Waals surface area contributed by atoms with Crippen molar-refractivity contribution in [1.29, 1.82) is 0 Å². The Kier molecular flexibility index (Phi) is 5.07. The van der Waals surface area contributed by atoms with E-state index in [1.165, 1.54) is 5.57 Å². The van der Waals surface area contributed by atoms with Gasteiger partial charge in [0, 0.05) is 5.41 Å². The molecule has 1 aliphatic heterocycles. The molecular formula is C30H48O5. The molecule has 6 aliphatic rings. The van der Waals surface area contributed by atoms with Crippen molar-refractivity contribution >= 4 is 0 Å². The monoisotopic (exact) mass is 488 g/mol. The second kappa shape index (κ2) is 7.14. The maximum absolute atomic E-state index is 11.5. The van der Waals surface area contributed by atoms with E-state index in [-0.39, 0.29) is 53.0 Å². The van der Waals surface area contributed by atoms with E-state index in [1.807, 2.05) is 0 Å². The highest BCUT2D eigenvalue weighted by atomic mass is 16.5. The van der Waals surface area contributed by atoms with Crippen molar-refractivity contribution < 1.29 is 25.2 Å². The fourth-order valence-electron chi connectivity index (χ4n) is 11.5. The summed E-state index contributed by atoms with van der Waals surface area (Å²) in [4.78, 5) is 0. The van der Waals surface area contributed by atoms with Gasteiger partial charge in [0.05, 0.1) is 43.0 Å². The van der Waals surface area contributed by atoms with Crippen LogP contribution < -0.4 is 0 Å². The second-order valence-electron chi connectivity index (χ2n) is 15.2. The van der Waals surface area contributed by atoms with Crippen molar-refractivity contribution in [3.63, 3.8) is 0 Å². The summed E-state index contributed by atoms with van der Waals surface area (Å²) in [6.45, 7) is 14.0. The molecule has 0 amide bonds. The summed E-state index contributed by atoms with van der Waals surface area (Å²) in [6, 6.07) is 0. The lowest BCUT2D eigenvalue weighted by atomic mass is 9.33. The summed E-state index contributed by atoms with van der Waals surface area (Å²) >= 11 is 0. The van der Waals surface area contributed by atoms with Crippen LogP contribution in [-0.4, -0.2) is 58.1 Å². The highest BCUT2D eigenvalue weighted by Crippen LogP contribution is 2.77. The topological polar surface area (TPSA) is 90.2 Å². The molecule has 0 aromatic carbocycles. The Bertz CT molecular complexity index is 945. The molecule has 5 heteroatoms. The predicted molar refractivity (Wildman–Crippen MR) is 134 cm³/mol. The van der Waals surface area contributed by atoms with Gasteiger partial charge in [-0.3, -0.25) is 0 Å². The van der Waals surface area contributed by atoms with Gasteiger partial charge in [-0.1, -0.05) is 53.2 Å². The molecule has 0 radical (unpaired) electrons. The van der Waals surface area contributed by atoms with Crippen LogP contribution in [0.3, 0.4) is 0 Å². The number of ether oxygens (including phenoxy) is 1. The average Bonchev–Trinajstić information content (AvgIpc) is 3.05. The van der Waals surface area contributed by atoms with Crippen molar-refractivity contribution in [2.75, 3.05) is 13.2 Å². The number of hydrogen-bond donors (Lipinski definition) is 4. The number of allylic oxidation sites excluding steroid dienone is 2. The third-order valence-electron chi connectivity index (χ3n) is 13.8. The third kappa shape index (κ3) is 2.59.